The maximum Gasteiger partial charge on any atom is 0.295 e. The molecular weight excluding hydrogens is 558 g/mol. The summed E-state index contributed by atoms with van der Waals surface area (Å²) in [6.45, 7) is 11.1. The van der Waals surface area contributed by atoms with Crippen LogP contribution in [0.3, 0.4) is 0 Å². The van der Waals surface area contributed by atoms with Crippen LogP contribution in [0.25, 0.3) is 5.76 Å². The van der Waals surface area contributed by atoms with Crippen LogP contribution < -0.4 is 0 Å². The molecular formula is C31H39N3O7S. The molecule has 0 bridgehead atoms. The molecule has 226 valence electrons. The number of Topliss-reactive ketones (excluding diaryl/α,β-unsaturated/α-hetero) is 1. The highest BCUT2D eigenvalue weighted by molar-refractivity contribution is 7.89. The smallest absolute Gasteiger partial charge is 0.295 e. The van der Waals surface area contributed by atoms with Gasteiger partial charge >= 0.3 is 0 Å². The van der Waals surface area contributed by atoms with Crippen molar-refractivity contribution in [3.8, 4) is 0 Å². The van der Waals surface area contributed by atoms with Crippen LogP contribution in [-0.2, 0) is 34.5 Å². The number of ketones is 1. The molecule has 0 radical (unpaired) electrons. The Balaban J connectivity index is 1.50. The van der Waals surface area contributed by atoms with E-state index in [2.05, 4.69) is 25.7 Å². The summed E-state index contributed by atoms with van der Waals surface area (Å²) in [5.41, 5.74) is 2.00. The predicted molar refractivity (Wildman–Crippen MR) is 157 cm³/mol. The molecule has 10 nitrogen and oxygen atoms in total. The lowest BCUT2D eigenvalue weighted by atomic mass is 9.85. The monoisotopic (exact) mass is 597 g/mol. The molecule has 1 amide bonds. The van der Waals surface area contributed by atoms with Gasteiger partial charge in [-0.1, -0.05) is 45.0 Å². The quantitative estimate of drug-likeness (QED) is 0.294. The summed E-state index contributed by atoms with van der Waals surface area (Å²) in [6.07, 6.45) is 0. The molecule has 11 heteroatoms. The van der Waals surface area contributed by atoms with Gasteiger partial charge in [0.1, 0.15) is 5.76 Å². The predicted octanol–water partition coefficient (Wildman–Crippen LogP) is 2.76. The molecule has 0 spiro atoms. The highest BCUT2D eigenvalue weighted by Gasteiger charge is 2.46. The first-order chi connectivity index (χ1) is 20.0. The molecule has 2 aromatic carbocycles. The number of rotatable bonds is 7. The molecule has 0 saturated carbocycles. The molecule has 3 heterocycles. The fourth-order valence-electron chi connectivity index (χ4n) is 5.57. The van der Waals surface area contributed by atoms with Crippen molar-refractivity contribution in [2.45, 2.75) is 37.1 Å². The van der Waals surface area contributed by atoms with Crippen LogP contribution in [0, 0.1) is 0 Å². The molecule has 42 heavy (non-hydrogen) atoms. The van der Waals surface area contributed by atoms with Crippen molar-refractivity contribution in [1.82, 2.24) is 14.1 Å². The van der Waals surface area contributed by atoms with Crippen molar-refractivity contribution in [2.75, 3.05) is 65.7 Å². The molecule has 1 atom stereocenters. The first kappa shape index (κ1) is 30.4. The minimum absolute atomic E-state index is 0.00530. The lowest BCUT2D eigenvalue weighted by Crippen LogP contribution is -2.42. The van der Waals surface area contributed by atoms with E-state index < -0.39 is 27.8 Å². The normalized spacial score (nSPS) is 22.5. The second kappa shape index (κ2) is 12.3. The van der Waals surface area contributed by atoms with E-state index >= 15 is 0 Å². The third kappa shape index (κ3) is 6.16. The zero-order valence-electron chi connectivity index (χ0n) is 24.4. The average Bonchev–Trinajstić information content (AvgIpc) is 3.25. The summed E-state index contributed by atoms with van der Waals surface area (Å²) in [4.78, 5) is 30.7. The summed E-state index contributed by atoms with van der Waals surface area (Å²) < 4.78 is 38.2. The zero-order chi connectivity index (χ0) is 30.1. The van der Waals surface area contributed by atoms with Crippen molar-refractivity contribution in [3.05, 3.63) is 70.8 Å². The fourth-order valence-corrected chi connectivity index (χ4v) is 6.98. The van der Waals surface area contributed by atoms with Gasteiger partial charge in [0, 0.05) is 44.8 Å². The number of sulfonamides is 1. The highest BCUT2D eigenvalue weighted by Crippen LogP contribution is 2.40. The third-order valence-corrected chi connectivity index (χ3v) is 10.0. The van der Waals surface area contributed by atoms with Gasteiger partial charge in [0.05, 0.1) is 42.9 Å². The van der Waals surface area contributed by atoms with Gasteiger partial charge in [-0.25, -0.2) is 8.42 Å². The number of likely N-dealkylation sites (tertiary alicyclic amines) is 1. The maximum absolute atomic E-state index is 13.5. The van der Waals surface area contributed by atoms with Gasteiger partial charge < -0.3 is 19.5 Å². The second-order valence-electron chi connectivity index (χ2n) is 11.9. The van der Waals surface area contributed by atoms with Crippen molar-refractivity contribution in [3.63, 3.8) is 0 Å². The molecule has 3 aliphatic rings. The molecule has 2 aromatic rings. The number of aliphatic hydroxyl groups is 1. The van der Waals surface area contributed by atoms with Crippen molar-refractivity contribution in [2.24, 2.45) is 0 Å². The van der Waals surface area contributed by atoms with Gasteiger partial charge in [0.2, 0.25) is 10.0 Å². The Labute approximate surface area is 247 Å². The van der Waals surface area contributed by atoms with Crippen LogP contribution in [0.4, 0.5) is 0 Å². The Hall–Kier alpha value is -3.09. The van der Waals surface area contributed by atoms with Gasteiger partial charge in [0.15, 0.2) is 0 Å². The number of carbonyl (C=O) groups excluding carboxylic acids is 2. The maximum atomic E-state index is 13.5. The third-order valence-electron chi connectivity index (χ3n) is 8.13. The number of nitrogens with zero attached hydrogens (tertiary/aromatic N) is 3. The zero-order valence-corrected chi connectivity index (χ0v) is 25.2. The number of ether oxygens (including phenoxy) is 2. The fraction of sp³-hybridized carbons (Fsp3) is 0.484. The van der Waals surface area contributed by atoms with Crippen LogP contribution >= 0.6 is 0 Å². The van der Waals surface area contributed by atoms with Crippen LogP contribution in [-0.4, -0.2) is 105 Å². The van der Waals surface area contributed by atoms with Crippen LogP contribution in [0.5, 0.6) is 0 Å². The topological polar surface area (TPSA) is 117 Å². The van der Waals surface area contributed by atoms with E-state index in [1.807, 2.05) is 24.3 Å². The molecule has 1 N–H and O–H groups in total. The minimum Gasteiger partial charge on any atom is -0.507 e. The van der Waals surface area contributed by atoms with Crippen molar-refractivity contribution < 1.29 is 32.6 Å². The van der Waals surface area contributed by atoms with Crippen molar-refractivity contribution >= 4 is 27.5 Å². The van der Waals surface area contributed by atoms with E-state index in [4.69, 9.17) is 9.47 Å². The summed E-state index contributed by atoms with van der Waals surface area (Å²) in [7, 11) is -3.73. The molecule has 0 aliphatic carbocycles. The average molecular weight is 598 g/mol. The second-order valence-corrected chi connectivity index (χ2v) is 13.8. The first-order valence-corrected chi connectivity index (χ1v) is 15.8. The van der Waals surface area contributed by atoms with E-state index in [0.29, 0.717) is 39.5 Å². The Bertz CT molecular complexity index is 1430. The SMILES string of the molecule is CC(C)(C)c1ccc(C2/C(=C(/O)c3ccc(S(=O)(=O)N4CCOCC4)cc3)C(=O)C(=O)N2CCN2CCOCC2)cc1. The minimum atomic E-state index is -3.73. The van der Waals surface area contributed by atoms with E-state index in [-0.39, 0.29) is 40.3 Å². The largest absolute Gasteiger partial charge is 0.507 e. The summed E-state index contributed by atoms with van der Waals surface area (Å²) >= 11 is 0. The van der Waals surface area contributed by atoms with Gasteiger partial charge in [-0.2, -0.15) is 4.31 Å². The Morgan fingerprint density at radius 1 is 0.857 bits per heavy atom. The molecule has 0 aromatic heterocycles. The van der Waals surface area contributed by atoms with E-state index in [1.165, 1.54) is 33.5 Å². The van der Waals surface area contributed by atoms with Gasteiger partial charge in [0.25, 0.3) is 11.7 Å². The number of hydrogen-bond acceptors (Lipinski definition) is 8. The summed E-state index contributed by atoms with van der Waals surface area (Å²) in [6, 6.07) is 12.8. The molecule has 3 saturated heterocycles. The number of aliphatic hydroxyl groups excluding tert-OH is 1. The Kier molecular flexibility index (Phi) is 8.86. The van der Waals surface area contributed by atoms with E-state index in [1.54, 1.807) is 0 Å². The number of morpholine rings is 2. The van der Waals surface area contributed by atoms with Gasteiger partial charge in [-0.3, -0.25) is 14.5 Å². The summed E-state index contributed by atoms with van der Waals surface area (Å²) in [5.74, 6) is -1.76. The standard InChI is InChI=1S/C31H39N3O7S/c1-31(2,3)24-8-4-22(5-9-24)27-26(29(36)30(37)34(27)13-12-32-14-18-40-19-15-32)28(35)23-6-10-25(11-7-23)42(38,39)33-16-20-41-21-17-33/h4-11,27,35H,12-21H2,1-3H3/b28-26-. The lowest BCUT2D eigenvalue weighted by molar-refractivity contribution is -0.140. The number of amides is 1. The highest BCUT2D eigenvalue weighted by atomic mass is 32.2. The van der Waals surface area contributed by atoms with Crippen molar-refractivity contribution in [1.29, 1.82) is 0 Å². The number of hydrogen-bond donors (Lipinski definition) is 1. The molecule has 3 aliphatic heterocycles. The van der Waals surface area contributed by atoms with E-state index in [0.717, 1.165) is 24.2 Å². The lowest BCUT2D eigenvalue weighted by Gasteiger charge is -2.31. The Morgan fingerprint density at radius 2 is 1.43 bits per heavy atom. The molecule has 5 rings (SSSR count). The summed E-state index contributed by atoms with van der Waals surface area (Å²) in [5, 5.41) is 11.5. The van der Waals surface area contributed by atoms with Crippen LogP contribution in [0.1, 0.15) is 43.5 Å². The molecule has 3 fully saturated rings. The Morgan fingerprint density at radius 3 is 2.00 bits per heavy atom. The number of benzene rings is 2. The van der Waals surface area contributed by atoms with Gasteiger partial charge in [-0.05, 0) is 40.8 Å². The molecule has 1 unspecified atom stereocenters. The van der Waals surface area contributed by atoms with E-state index in [9.17, 15) is 23.1 Å². The first-order valence-electron chi connectivity index (χ1n) is 14.4. The van der Waals surface area contributed by atoms with Crippen LogP contribution in [0.2, 0.25) is 0 Å². The van der Waals surface area contributed by atoms with Gasteiger partial charge in [-0.15, -0.1) is 0 Å². The number of carbonyl (C=O) groups is 2. The van der Waals surface area contributed by atoms with Crippen LogP contribution in [0.15, 0.2) is 59.0 Å².